The lowest BCUT2D eigenvalue weighted by atomic mass is 10.2. The van der Waals surface area contributed by atoms with Gasteiger partial charge in [-0.2, -0.15) is 0 Å². The Morgan fingerprint density at radius 3 is 2.71 bits per heavy atom. The normalized spacial score (nSPS) is 10.2. The molecule has 5 heteroatoms. The highest BCUT2D eigenvalue weighted by Gasteiger charge is 2.04. The molecule has 21 heavy (non-hydrogen) atoms. The predicted molar refractivity (Wildman–Crippen MR) is 92.1 cm³/mol. The van der Waals surface area contributed by atoms with Crippen molar-refractivity contribution in [3.05, 3.63) is 57.5 Å². The predicted octanol–water partition coefficient (Wildman–Crippen LogP) is 4.85. The molecule has 0 spiro atoms. The van der Waals surface area contributed by atoms with E-state index in [1.54, 1.807) is 0 Å². The van der Waals surface area contributed by atoms with Crippen LogP contribution >= 0.6 is 27.5 Å². The minimum absolute atomic E-state index is 0.0220. The van der Waals surface area contributed by atoms with Crippen molar-refractivity contribution in [1.82, 2.24) is 0 Å². The summed E-state index contributed by atoms with van der Waals surface area (Å²) in [6.07, 6.45) is 0.391. The maximum absolute atomic E-state index is 11.9. The number of benzene rings is 2. The molecule has 0 unspecified atom stereocenters. The highest BCUT2D eigenvalue weighted by Crippen LogP contribution is 2.20. The molecule has 110 valence electrons. The van der Waals surface area contributed by atoms with Gasteiger partial charge in [-0.3, -0.25) is 4.79 Å². The molecule has 0 saturated heterocycles. The van der Waals surface area contributed by atoms with E-state index in [4.69, 9.17) is 11.6 Å². The first-order valence-corrected chi connectivity index (χ1v) is 7.77. The Morgan fingerprint density at radius 2 is 2.00 bits per heavy atom. The summed E-state index contributed by atoms with van der Waals surface area (Å²) in [5.41, 5.74) is 2.81. The van der Waals surface area contributed by atoms with E-state index in [9.17, 15) is 4.79 Å². The molecule has 0 atom stereocenters. The lowest BCUT2D eigenvalue weighted by Gasteiger charge is -2.09. The summed E-state index contributed by atoms with van der Waals surface area (Å²) in [6, 6.07) is 13.2. The topological polar surface area (TPSA) is 41.1 Å². The number of halogens is 2. The third-order valence-electron chi connectivity index (χ3n) is 2.95. The Balaban J connectivity index is 1.81. The Labute approximate surface area is 137 Å². The van der Waals surface area contributed by atoms with Crippen molar-refractivity contribution < 1.29 is 4.79 Å². The quantitative estimate of drug-likeness (QED) is 0.793. The zero-order valence-corrected chi connectivity index (χ0v) is 14.0. The van der Waals surface area contributed by atoms with Gasteiger partial charge < -0.3 is 10.6 Å². The number of anilines is 2. The maximum atomic E-state index is 11.9. The standard InChI is InChI=1S/C16H16BrClN2O/c1-11-9-14(5-6-15(11)17)20-16(21)7-8-19-13-4-2-3-12(18)10-13/h2-6,9-10,19H,7-8H2,1H3,(H,20,21). The summed E-state index contributed by atoms with van der Waals surface area (Å²) in [5.74, 6) is -0.0220. The zero-order chi connectivity index (χ0) is 15.2. The maximum Gasteiger partial charge on any atom is 0.226 e. The molecule has 0 radical (unpaired) electrons. The average molecular weight is 368 g/mol. The molecule has 1 amide bonds. The number of carbonyl (C=O) groups is 1. The second-order valence-electron chi connectivity index (χ2n) is 4.70. The second-order valence-corrected chi connectivity index (χ2v) is 5.99. The van der Waals surface area contributed by atoms with E-state index in [1.165, 1.54) is 0 Å². The number of aryl methyl sites for hydroxylation is 1. The van der Waals surface area contributed by atoms with Crippen molar-refractivity contribution in [3.8, 4) is 0 Å². The van der Waals surface area contributed by atoms with Crippen LogP contribution in [0.3, 0.4) is 0 Å². The van der Waals surface area contributed by atoms with Gasteiger partial charge in [-0.25, -0.2) is 0 Å². The van der Waals surface area contributed by atoms with Crippen LogP contribution in [0, 0.1) is 6.92 Å². The van der Waals surface area contributed by atoms with Crippen molar-refractivity contribution in [1.29, 1.82) is 0 Å². The summed E-state index contributed by atoms with van der Waals surface area (Å²) in [6.45, 7) is 2.54. The van der Waals surface area contributed by atoms with Crippen LogP contribution < -0.4 is 10.6 Å². The fourth-order valence-electron chi connectivity index (χ4n) is 1.86. The highest BCUT2D eigenvalue weighted by atomic mass is 79.9. The van der Waals surface area contributed by atoms with Gasteiger partial charge >= 0.3 is 0 Å². The van der Waals surface area contributed by atoms with Gasteiger partial charge in [0.2, 0.25) is 5.91 Å². The summed E-state index contributed by atoms with van der Waals surface area (Å²) in [4.78, 5) is 11.9. The SMILES string of the molecule is Cc1cc(NC(=O)CCNc2cccc(Cl)c2)ccc1Br. The number of carbonyl (C=O) groups excluding carboxylic acids is 1. The molecule has 2 rings (SSSR count). The second kappa shape index (κ2) is 7.48. The minimum Gasteiger partial charge on any atom is -0.384 e. The number of rotatable bonds is 5. The lowest BCUT2D eigenvalue weighted by Crippen LogP contribution is -2.16. The van der Waals surface area contributed by atoms with Gasteiger partial charge in [0.25, 0.3) is 0 Å². The minimum atomic E-state index is -0.0220. The van der Waals surface area contributed by atoms with E-state index < -0.39 is 0 Å². The van der Waals surface area contributed by atoms with E-state index in [0.717, 1.165) is 21.4 Å². The fraction of sp³-hybridized carbons (Fsp3) is 0.188. The molecular weight excluding hydrogens is 352 g/mol. The fourth-order valence-corrected chi connectivity index (χ4v) is 2.30. The van der Waals surface area contributed by atoms with Crippen molar-refractivity contribution in [2.24, 2.45) is 0 Å². The molecule has 0 saturated carbocycles. The van der Waals surface area contributed by atoms with Crippen molar-refractivity contribution in [2.75, 3.05) is 17.2 Å². The summed E-state index contributed by atoms with van der Waals surface area (Å²) < 4.78 is 1.03. The lowest BCUT2D eigenvalue weighted by molar-refractivity contribution is -0.115. The first-order valence-electron chi connectivity index (χ1n) is 6.60. The van der Waals surface area contributed by atoms with Gasteiger partial charge in [0.1, 0.15) is 0 Å². The number of amides is 1. The van der Waals surface area contributed by atoms with E-state index in [-0.39, 0.29) is 5.91 Å². The summed E-state index contributed by atoms with van der Waals surface area (Å²) in [5, 5.41) is 6.73. The van der Waals surface area contributed by atoms with Crippen LogP contribution in [0.4, 0.5) is 11.4 Å². The van der Waals surface area contributed by atoms with Gasteiger partial charge in [-0.05, 0) is 48.9 Å². The average Bonchev–Trinajstić information content (AvgIpc) is 2.43. The number of hydrogen-bond acceptors (Lipinski definition) is 2. The monoisotopic (exact) mass is 366 g/mol. The third-order valence-corrected chi connectivity index (χ3v) is 4.07. The Hall–Kier alpha value is -1.52. The Kier molecular flexibility index (Phi) is 5.65. The van der Waals surface area contributed by atoms with E-state index in [0.29, 0.717) is 18.0 Å². The highest BCUT2D eigenvalue weighted by molar-refractivity contribution is 9.10. The summed E-state index contributed by atoms with van der Waals surface area (Å²) in [7, 11) is 0. The van der Waals surface area contributed by atoms with Crippen LogP contribution in [-0.2, 0) is 4.79 Å². The van der Waals surface area contributed by atoms with E-state index in [1.807, 2.05) is 49.4 Å². The smallest absolute Gasteiger partial charge is 0.226 e. The molecule has 0 heterocycles. The Morgan fingerprint density at radius 1 is 1.19 bits per heavy atom. The first kappa shape index (κ1) is 15.9. The van der Waals surface area contributed by atoms with Crippen LogP contribution in [0.2, 0.25) is 5.02 Å². The molecule has 0 aromatic heterocycles. The molecule has 3 nitrogen and oxygen atoms in total. The molecule has 0 aliphatic carbocycles. The Bertz CT molecular complexity index is 646. The summed E-state index contributed by atoms with van der Waals surface area (Å²) >= 11 is 9.33. The molecule has 2 N–H and O–H groups in total. The van der Waals surface area contributed by atoms with Gasteiger partial charge in [0.15, 0.2) is 0 Å². The van der Waals surface area contributed by atoms with Crippen molar-refractivity contribution in [3.63, 3.8) is 0 Å². The van der Waals surface area contributed by atoms with Crippen molar-refractivity contribution in [2.45, 2.75) is 13.3 Å². The number of nitrogens with one attached hydrogen (secondary N) is 2. The molecule has 0 bridgehead atoms. The largest absolute Gasteiger partial charge is 0.384 e. The molecule has 0 aliphatic heterocycles. The molecule has 0 fully saturated rings. The van der Waals surface area contributed by atoms with E-state index in [2.05, 4.69) is 26.6 Å². The van der Waals surface area contributed by atoms with Crippen LogP contribution in [0.15, 0.2) is 46.9 Å². The van der Waals surface area contributed by atoms with Gasteiger partial charge in [0.05, 0.1) is 0 Å². The van der Waals surface area contributed by atoms with Gasteiger partial charge in [-0.15, -0.1) is 0 Å². The van der Waals surface area contributed by atoms with Crippen molar-refractivity contribution >= 4 is 44.8 Å². The van der Waals surface area contributed by atoms with Gasteiger partial charge in [-0.1, -0.05) is 33.6 Å². The first-order chi connectivity index (χ1) is 10.0. The molecule has 0 aliphatic rings. The zero-order valence-electron chi connectivity index (χ0n) is 11.6. The van der Waals surface area contributed by atoms with Crippen LogP contribution in [0.25, 0.3) is 0 Å². The van der Waals surface area contributed by atoms with Crippen LogP contribution in [-0.4, -0.2) is 12.5 Å². The van der Waals surface area contributed by atoms with E-state index >= 15 is 0 Å². The third kappa shape index (κ3) is 5.06. The number of hydrogen-bond donors (Lipinski definition) is 2. The van der Waals surface area contributed by atoms with Crippen LogP contribution in [0.1, 0.15) is 12.0 Å². The molecule has 2 aromatic carbocycles. The molecular formula is C16H16BrClN2O. The molecule has 2 aromatic rings. The van der Waals surface area contributed by atoms with Gasteiger partial charge in [0, 0.05) is 33.8 Å². The van der Waals surface area contributed by atoms with Crippen LogP contribution in [0.5, 0.6) is 0 Å².